The van der Waals surface area contributed by atoms with Crippen LogP contribution in [0.1, 0.15) is 22.8 Å². The molecule has 0 saturated heterocycles. The summed E-state index contributed by atoms with van der Waals surface area (Å²) >= 11 is 1.11. The highest BCUT2D eigenvalue weighted by molar-refractivity contribution is 8.13. The van der Waals surface area contributed by atoms with Crippen LogP contribution < -0.4 is 10.5 Å². The lowest BCUT2D eigenvalue weighted by Gasteiger charge is -2.01. The summed E-state index contributed by atoms with van der Waals surface area (Å²) in [6.07, 6.45) is 1.28. The highest BCUT2D eigenvalue weighted by atomic mass is 32.2. The Morgan fingerprint density at radius 3 is 2.70 bits per heavy atom. The van der Waals surface area contributed by atoms with Gasteiger partial charge in [0.05, 0.1) is 13.2 Å². The minimum Gasteiger partial charge on any atom is -0.462 e. The molecule has 0 spiro atoms. The van der Waals surface area contributed by atoms with Crippen LogP contribution in [0.5, 0.6) is 0 Å². The SMILES string of the molecule is CCOC(=O)c1ccc(SC(N)=NCc2ccccc2)[n+](O)c1. The van der Waals surface area contributed by atoms with Crippen molar-refractivity contribution in [1.82, 2.24) is 0 Å². The van der Waals surface area contributed by atoms with Gasteiger partial charge >= 0.3 is 5.97 Å². The second kappa shape index (κ2) is 8.19. The molecule has 0 aliphatic carbocycles. The van der Waals surface area contributed by atoms with Gasteiger partial charge in [0, 0.05) is 22.6 Å². The average molecular weight is 332 g/mol. The van der Waals surface area contributed by atoms with Crippen molar-refractivity contribution in [2.24, 2.45) is 10.7 Å². The number of carbonyl (C=O) groups is 1. The summed E-state index contributed by atoms with van der Waals surface area (Å²) in [5.41, 5.74) is 7.17. The Kier molecular flexibility index (Phi) is 5.99. The molecule has 0 radical (unpaired) electrons. The molecule has 1 heterocycles. The summed E-state index contributed by atoms with van der Waals surface area (Å²) in [5.74, 6) is -0.488. The molecule has 0 amide bonds. The predicted octanol–water partition coefficient (Wildman–Crippen LogP) is 2.00. The molecular weight excluding hydrogens is 314 g/mol. The first-order chi connectivity index (χ1) is 11.1. The van der Waals surface area contributed by atoms with Crippen molar-refractivity contribution in [3.05, 3.63) is 59.8 Å². The number of rotatable bonds is 5. The highest BCUT2D eigenvalue weighted by Gasteiger charge is 2.18. The van der Waals surface area contributed by atoms with Crippen molar-refractivity contribution in [2.75, 3.05) is 6.61 Å². The average Bonchev–Trinajstić information content (AvgIpc) is 2.56. The number of thioether (sulfide) groups is 1. The Morgan fingerprint density at radius 1 is 1.30 bits per heavy atom. The van der Waals surface area contributed by atoms with Crippen LogP contribution in [0.25, 0.3) is 0 Å². The van der Waals surface area contributed by atoms with Gasteiger partial charge in [-0.05, 0) is 18.6 Å². The largest absolute Gasteiger partial charge is 0.462 e. The zero-order valence-corrected chi connectivity index (χ0v) is 13.5. The van der Waals surface area contributed by atoms with Gasteiger partial charge in [0.2, 0.25) is 6.20 Å². The smallest absolute Gasteiger partial charge is 0.344 e. The van der Waals surface area contributed by atoms with E-state index in [1.54, 1.807) is 19.1 Å². The summed E-state index contributed by atoms with van der Waals surface area (Å²) in [6.45, 7) is 2.46. The van der Waals surface area contributed by atoms with Gasteiger partial charge in [0.25, 0.3) is 5.03 Å². The van der Waals surface area contributed by atoms with Gasteiger partial charge in [-0.15, -0.1) is 0 Å². The molecule has 23 heavy (non-hydrogen) atoms. The molecule has 2 aromatic rings. The molecule has 7 heteroatoms. The number of nitrogens with two attached hydrogens (primary N) is 1. The third-order valence-electron chi connectivity index (χ3n) is 2.87. The van der Waals surface area contributed by atoms with E-state index in [1.807, 2.05) is 30.3 Å². The normalized spacial score (nSPS) is 11.3. The van der Waals surface area contributed by atoms with Crippen LogP contribution in [0.15, 0.2) is 58.7 Å². The van der Waals surface area contributed by atoms with Gasteiger partial charge in [-0.1, -0.05) is 30.3 Å². The Morgan fingerprint density at radius 2 is 2.04 bits per heavy atom. The quantitative estimate of drug-likeness (QED) is 0.218. The number of ether oxygens (including phenoxy) is 1. The lowest BCUT2D eigenvalue weighted by atomic mass is 10.2. The maximum atomic E-state index is 11.6. The van der Waals surface area contributed by atoms with Gasteiger partial charge in [-0.2, -0.15) is 0 Å². The topological polar surface area (TPSA) is 88.8 Å². The molecule has 0 saturated carbocycles. The van der Waals surface area contributed by atoms with E-state index in [0.29, 0.717) is 16.7 Å². The molecule has 0 aliphatic heterocycles. The first kappa shape index (κ1) is 16.8. The second-order valence-electron chi connectivity index (χ2n) is 4.56. The molecular formula is C16H18N3O3S+. The fourth-order valence-corrected chi connectivity index (χ4v) is 2.41. The third kappa shape index (κ3) is 5.00. The van der Waals surface area contributed by atoms with Gasteiger partial charge in [0.15, 0.2) is 5.17 Å². The van der Waals surface area contributed by atoms with Crippen LogP contribution in [0.2, 0.25) is 0 Å². The summed E-state index contributed by atoms with van der Waals surface area (Å²) in [7, 11) is 0. The molecule has 2 rings (SSSR count). The van der Waals surface area contributed by atoms with E-state index in [2.05, 4.69) is 4.99 Å². The molecule has 6 nitrogen and oxygen atoms in total. The van der Waals surface area contributed by atoms with Crippen LogP contribution >= 0.6 is 11.8 Å². The van der Waals surface area contributed by atoms with E-state index in [1.165, 1.54) is 6.20 Å². The molecule has 0 unspecified atom stereocenters. The minimum absolute atomic E-state index is 0.262. The first-order valence-electron chi connectivity index (χ1n) is 7.04. The van der Waals surface area contributed by atoms with Gasteiger partial charge < -0.3 is 10.5 Å². The summed E-state index contributed by atoms with van der Waals surface area (Å²) in [5, 5.41) is 10.7. The fraction of sp³-hybridized carbons (Fsp3) is 0.188. The van der Waals surface area contributed by atoms with Gasteiger partial charge in [0.1, 0.15) is 5.56 Å². The lowest BCUT2D eigenvalue weighted by molar-refractivity contribution is -0.932. The number of esters is 1. The van der Waals surface area contributed by atoms with Crippen molar-refractivity contribution in [1.29, 1.82) is 0 Å². The molecule has 1 aromatic carbocycles. The van der Waals surface area contributed by atoms with Gasteiger partial charge in [-0.25, -0.2) is 4.79 Å². The monoisotopic (exact) mass is 332 g/mol. The Balaban J connectivity index is 2.03. The van der Waals surface area contributed by atoms with Gasteiger partial charge in [-0.3, -0.25) is 10.2 Å². The maximum absolute atomic E-state index is 11.6. The number of amidine groups is 1. The molecule has 120 valence electrons. The number of hydrogen-bond acceptors (Lipinski definition) is 5. The van der Waals surface area contributed by atoms with Crippen molar-refractivity contribution >= 4 is 22.9 Å². The van der Waals surface area contributed by atoms with E-state index >= 15 is 0 Å². The van der Waals surface area contributed by atoms with Crippen LogP contribution in [0.4, 0.5) is 0 Å². The Labute approximate surface area is 138 Å². The number of carbonyl (C=O) groups excluding carboxylic acids is 1. The number of aliphatic imine (C=N–C) groups is 1. The Bertz CT molecular complexity index is 705. The van der Waals surface area contributed by atoms with Crippen LogP contribution in [-0.2, 0) is 11.3 Å². The number of pyridine rings is 1. The standard InChI is InChI=1S/C16H18N3O3S/c1-2-22-15(20)13-8-9-14(19(21)11-13)23-16(17)18-10-12-6-4-3-5-7-12/h3-9,11,21H,2,10H2,1H3,(H2,17,18)/q+1. The van der Waals surface area contributed by atoms with Crippen LogP contribution in [0.3, 0.4) is 0 Å². The van der Waals surface area contributed by atoms with E-state index in [9.17, 15) is 10.0 Å². The summed E-state index contributed by atoms with van der Waals surface area (Å²) in [4.78, 5) is 15.8. The number of hydrogen-bond donors (Lipinski definition) is 2. The van der Waals surface area contributed by atoms with Crippen molar-refractivity contribution < 1.29 is 19.5 Å². The summed E-state index contributed by atoms with van der Waals surface area (Å²) in [6, 6.07) is 12.9. The molecule has 0 fully saturated rings. The number of nitrogens with zero attached hydrogens (tertiary/aromatic N) is 2. The molecule has 1 aromatic heterocycles. The fourth-order valence-electron chi connectivity index (χ4n) is 1.78. The van der Waals surface area contributed by atoms with Crippen molar-refractivity contribution in [2.45, 2.75) is 18.5 Å². The van der Waals surface area contributed by atoms with E-state index < -0.39 is 5.97 Å². The third-order valence-corrected chi connectivity index (χ3v) is 3.74. The Hall–Kier alpha value is -2.54. The zero-order valence-electron chi connectivity index (χ0n) is 12.7. The van der Waals surface area contributed by atoms with E-state index in [0.717, 1.165) is 22.1 Å². The van der Waals surface area contributed by atoms with Crippen molar-refractivity contribution in [3.63, 3.8) is 0 Å². The van der Waals surface area contributed by atoms with Crippen molar-refractivity contribution in [3.8, 4) is 0 Å². The molecule has 0 bridgehead atoms. The summed E-state index contributed by atoms with van der Waals surface area (Å²) < 4.78 is 5.71. The van der Waals surface area contributed by atoms with E-state index in [-0.39, 0.29) is 12.2 Å². The number of benzene rings is 1. The molecule has 3 N–H and O–H groups in total. The molecule has 0 atom stereocenters. The predicted molar refractivity (Wildman–Crippen MR) is 87.4 cm³/mol. The number of aromatic nitrogens is 1. The molecule has 0 aliphatic rings. The second-order valence-corrected chi connectivity index (χ2v) is 5.60. The first-order valence-corrected chi connectivity index (χ1v) is 7.85. The van der Waals surface area contributed by atoms with E-state index in [4.69, 9.17) is 10.5 Å². The van der Waals surface area contributed by atoms with Crippen LogP contribution in [-0.4, -0.2) is 23.0 Å². The highest BCUT2D eigenvalue weighted by Crippen LogP contribution is 2.14. The van der Waals surface area contributed by atoms with Crippen LogP contribution in [0, 0.1) is 0 Å². The zero-order chi connectivity index (χ0) is 16.7. The lowest BCUT2D eigenvalue weighted by Crippen LogP contribution is -2.34. The minimum atomic E-state index is -0.488. The maximum Gasteiger partial charge on any atom is 0.344 e.